The van der Waals surface area contributed by atoms with Crippen LogP contribution in [0.2, 0.25) is 10.0 Å². The Labute approximate surface area is 184 Å². The average molecular weight is 468 g/mol. The topological polar surface area (TPSA) is 90.3 Å². The van der Waals surface area contributed by atoms with Gasteiger partial charge in [-0.05, 0) is 42.3 Å². The van der Waals surface area contributed by atoms with Crippen LogP contribution in [0.4, 0.5) is 0 Å². The molecular weight excluding hydrogens is 449 g/mol. The lowest BCUT2D eigenvalue weighted by atomic mass is 10.1. The summed E-state index contributed by atoms with van der Waals surface area (Å²) in [5.74, 6) is -0.681. The molecule has 1 heterocycles. The van der Waals surface area contributed by atoms with Crippen molar-refractivity contribution in [3.63, 3.8) is 0 Å². The molecule has 0 bridgehead atoms. The second kappa shape index (κ2) is 8.67. The summed E-state index contributed by atoms with van der Waals surface area (Å²) in [4.78, 5) is 16.8. The molecule has 7 nitrogen and oxygen atoms in total. The minimum absolute atomic E-state index is 0.00236. The van der Waals surface area contributed by atoms with Gasteiger partial charge in [0.1, 0.15) is 17.0 Å². The molecule has 0 fully saturated rings. The van der Waals surface area contributed by atoms with Gasteiger partial charge in [-0.3, -0.25) is 4.79 Å². The lowest BCUT2D eigenvalue weighted by Crippen LogP contribution is -2.32. The number of sulfonamides is 1. The molecule has 3 rings (SSSR count). The summed E-state index contributed by atoms with van der Waals surface area (Å²) in [5.41, 5.74) is 1.30. The number of benzene rings is 2. The summed E-state index contributed by atoms with van der Waals surface area (Å²) in [6.45, 7) is 3.77. The van der Waals surface area contributed by atoms with E-state index in [1.807, 2.05) is 18.6 Å². The van der Waals surface area contributed by atoms with E-state index >= 15 is 0 Å². The number of hydrogen-bond donors (Lipinski definition) is 1. The number of halogens is 2. The maximum absolute atomic E-state index is 12.9. The molecule has 0 saturated heterocycles. The molecule has 158 valence electrons. The average Bonchev–Trinajstić information content (AvgIpc) is 3.14. The van der Waals surface area contributed by atoms with Crippen LogP contribution in [0.3, 0.4) is 0 Å². The highest BCUT2D eigenvalue weighted by Crippen LogP contribution is 2.27. The Bertz CT molecular complexity index is 1190. The van der Waals surface area contributed by atoms with Gasteiger partial charge in [0, 0.05) is 16.8 Å². The molecule has 0 spiro atoms. The monoisotopic (exact) mass is 467 g/mol. The molecule has 1 aromatic heterocycles. The zero-order chi connectivity index (χ0) is 22.1. The lowest BCUT2D eigenvalue weighted by molar-refractivity contribution is 0.0975. The van der Waals surface area contributed by atoms with Crippen LogP contribution in [0.1, 0.15) is 35.9 Å². The van der Waals surface area contributed by atoms with Gasteiger partial charge in [0.25, 0.3) is 15.9 Å². The molecular formula is C20H19Cl2N3O4S. The molecule has 0 aliphatic rings. The minimum atomic E-state index is -4.25. The van der Waals surface area contributed by atoms with Crippen LogP contribution >= 0.6 is 23.2 Å². The molecule has 0 radical (unpaired) electrons. The first-order valence-electron chi connectivity index (χ1n) is 8.88. The van der Waals surface area contributed by atoms with Gasteiger partial charge in [-0.1, -0.05) is 37.0 Å². The number of carbonyl (C=O) groups is 1. The fraction of sp³-hybridized carbons (Fsp3) is 0.200. The zero-order valence-electron chi connectivity index (χ0n) is 16.4. The summed E-state index contributed by atoms with van der Waals surface area (Å²) in [6, 6.07) is 11.1. The summed E-state index contributed by atoms with van der Waals surface area (Å²) < 4.78 is 34.4. The van der Waals surface area contributed by atoms with Crippen molar-refractivity contribution in [2.45, 2.75) is 24.7 Å². The number of amides is 1. The Morgan fingerprint density at radius 3 is 2.40 bits per heavy atom. The SMILES string of the molecule is COc1ccc(Cl)c(S(=O)(=O)NC(=O)c2ncn(-c3ccc(Cl)cc3)c2C(C)C)c1. The first-order valence-corrected chi connectivity index (χ1v) is 11.1. The quantitative estimate of drug-likeness (QED) is 0.578. The van der Waals surface area contributed by atoms with Crippen LogP contribution in [-0.2, 0) is 10.0 Å². The van der Waals surface area contributed by atoms with Gasteiger partial charge in [0.15, 0.2) is 5.69 Å². The van der Waals surface area contributed by atoms with E-state index in [-0.39, 0.29) is 21.5 Å². The summed E-state index contributed by atoms with van der Waals surface area (Å²) in [6.07, 6.45) is 1.47. The van der Waals surface area contributed by atoms with Crippen molar-refractivity contribution in [3.05, 3.63) is 70.2 Å². The van der Waals surface area contributed by atoms with E-state index in [9.17, 15) is 13.2 Å². The van der Waals surface area contributed by atoms with E-state index in [0.29, 0.717) is 16.5 Å². The minimum Gasteiger partial charge on any atom is -0.497 e. The van der Waals surface area contributed by atoms with E-state index in [0.717, 1.165) is 5.69 Å². The molecule has 1 N–H and O–H groups in total. The molecule has 1 amide bonds. The van der Waals surface area contributed by atoms with Crippen LogP contribution < -0.4 is 9.46 Å². The number of carbonyl (C=O) groups excluding carboxylic acids is 1. The van der Waals surface area contributed by atoms with Gasteiger partial charge in [-0.15, -0.1) is 0 Å². The Kier molecular flexibility index (Phi) is 6.40. The van der Waals surface area contributed by atoms with Crippen molar-refractivity contribution in [1.82, 2.24) is 14.3 Å². The number of rotatable bonds is 6. The van der Waals surface area contributed by atoms with Crippen molar-refractivity contribution in [3.8, 4) is 11.4 Å². The van der Waals surface area contributed by atoms with Crippen molar-refractivity contribution >= 4 is 39.1 Å². The largest absolute Gasteiger partial charge is 0.497 e. The predicted molar refractivity (Wildman–Crippen MR) is 115 cm³/mol. The molecule has 10 heteroatoms. The van der Waals surface area contributed by atoms with Crippen LogP contribution in [-0.4, -0.2) is 31.0 Å². The van der Waals surface area contributed by atoms with Crippen molar-refractivity contribution < 1.29 is 17.9 Å². The second-order valence-electron chi connectivity index (χ2n) is 6.71. The Balaban J connectivity index is 1.99. The van der Waals surface area contributed by atoms with Crippen molar-refractivity contribution in [1.29, 1.82) is 0 Å². The summed E-state index contributed by atoms with van der Waals surface area (Å²) >= 11 is 12.0. The summed E-state index contributed by atoms with van der Waals surface area (Å²) in [5, 5.41) is 0.538. The third-order valence-corrected chi connectivity index (χ3v) is 6.39. The fourth-order valence-electron chi connectivity index (χ4n) is 2.93. The molecule has 0 aliphatic heterocycles. The second-order valence-corrected chi connectivity index (χ2v) is 9.20. The van der Waals surface area contributed by atoms with Gasteiger partial charge in [0.2, 0.25) is 0 Å². The van der Waals surface area contributed by atoms with Crippen LogP contribution in [0.25, 0.3) is 5.69 Å². The predicted octanol–water partition coefficient (Wildman–Crippen LogP) is 4.43. The zero-order valence-corrected chi connectivity index (χ0v) is 18.7. The number of aromatic nitrogens is 2. The Morgan fingerprint density at radius 1 is 1.13 bits per heavy atom. The number of methoxy groups -OCH3 is 1. The molecule has 0 aliphatic carbocycles. The van der Waals surface area contributed by atoms with E-state index < -0.39 is 15.9 Å². The molecule has 30 heavy (non-hydrogen) atoms. The van der Waals surface area contributed by atoms with Gasteiger partial charge in [0.05, 0.1) is 17.8 Å². The highest BCUT2D eigenvalue weighted by molar-refractivity contribution is 7.90. The van der Waals surface area contributed by atoms with Crippen molar-refractivity contribution in [2.24, 2.45) is 0 Å². The number of nitrogens with zero attached hydrogens (tertiary/aromatic N) is 2. The molecule has 2 aromatic carbocycles. The standard InChI is InChI=1S/C20H19Cl2N3O4S/c1-12(2)19-18(23-11-25(19)14-6-4-13(21)5-7-14)20(26)24-30(27,28)17-10-15(29-3)8-9-16(17)22/h4-12H,1-3H3,(H,24,26). The van der Waals surface area contributed by atoms with Crippen LogP contribution in [0.5, 0.6) is 5.75 Å². The molecule has 0 unspecified atom stereocenters. The van der Waals surface area contributed by atoms with E-state index in [4.69, 9.17) is 27.9 Å². The molecule has 0 atom stereocenters. The van der Waals surface area contributed by atoms with Crippen LogP contribution in [0, 0.1) is 0 Å². The van der Waals surface area contributed by atoms with Gasteiger partial charge >= 0.3 is 0 Å². The first kappa shape index (κ1) is 22.1. The first-order chi connectivity index (χ1) is 14.1. The van der Waals surface area contributed by atoms with E-state index in [1.54, 1.807) is 28.8 Å². The molecule has 3 aromatic rings. The maximum atomic E-state index is 12.9. The fourth-order valence-corrected chi connectivity index (χ4v) is 4.53. The van der Waals surface area contributed by atoms with E-state index in [2.05, 4.69) is 4.98 Å². The van der Waals surface area contributed by atoms with Crippen LogP contribution in [0.15, 0.2) is 53.7 Å². The van der Waals surface area contributed by atoms with Gasteiger partial charge < -0.3 is 9.30 Å². The highest BCUT2D eigenvalue weighted by Gasteiger charge is 2.27. The third kappa shape index (κ3) is 4.45. The normalized spacial score (nSPS) is 11.5. The Morgan fingerprint density at radius 2 is 1.80 bits per heavy atom. The van der Waals surface area contributed by atoms with E-state index in [1.165, 1.54) is 31.6 Å². The van der Waals surface area contributed by atoms with Gasteiger partial charge in [-0.25, -0.2) is 18.1 Å². The smallest absolute Gasteiger partial charge is 0.285 e. The number of ether oxygens (including phenoxy) is 1. The number of nitrogens with one attached hydrogen (secondary N) is 1. The van der Waals surface area contributed by atoms with Crippen molar-refractivity contribution in [2.75, 3.05) is 7.11 Å². The maximum Gasteiger partial charge on any atom is 0.285 e. The summed E-state index contributed by atoms with van der Waals surface area (Å²) in [7, 11) is -2.85. The lowest BCUT2D eigenvalue weighted by Gasteiger charge is -2.14. The third-order valence-electron chi connectivity index (χ3n) is 4.33. The highest BCUT2D eigenvalue weighted by atomic mass is 35.5. The Hall–Kier alpha value is -2.55. The van der Waals surface area contributed by atoms with Gasteiger partial charge in [-0.2, -0.15) is 0 Å². The number of hydrogen-bond acceptors (Lipinski definition) is 5. The molecule has 0 saturated carbocycles. The number of imidazole rings is 1.